The van der Waals surface area contributed by atoms with Gasteiger partial charge in [0.25, 0.3) is 0 Å². The Labute approximate surface area is 622 Å². The number of nitrogens with one attached hydrogen (secondary N) is 1. The predicted molar refractivity (Wildman–Crippen MR) is 423 cm³/mol. The lowest BCUT2D eigenvalue weighted by Crippen LogP contribution is -2.50. The van der Waals surface area contributed by atoms with Crippen LogP contribution in [0.15, 0.2) is 244 Å². The van der Waals surface area contributed by atoms with Crippen molar-refractivity contribution in [3.05, 3.63) is 260 Å². The molecule has 9 aromatic rings. The number of hydrogen-bond donors (Lipinski definition) is 4. The number of anilines is 3. The van der Waals surface area contributed by atoms with E-state index in [1.807, 2.05) is 221 Å². The van der Waals surface area contributed by atoms with Crippen LogP contribution in [0.4, 0.5) is 21.9 Å². The summed E-state index contributed by atoms with van der Waals surface area (Å²) in [6.07, 6.45) is 2.10. The number of para-hydroxylation sites is 3. The zero-order valence-electron chi connectivity index (χ0n) is 56.7. The van der Waals surface area contributed by atoms with Gasteiger partial charge in [-0.3, -0.25) is 24.0 Å². The number of amides is 5. The third kappa shape index (κ3) is 23.9. The minimum Gasteiger partial charge on any atom is -0.457 e. The van der Waals surface area contributed by atoms with Gasteiger partial charge in [0.05, 0.1) is 0 Å². The van der Waals surface area contributed by atoms with Crippen LogP contribution in [-0.2, 0) is 14.3 Å². The molecule has 0 radical (unpaired) electrons. The van der Waals surface area contributed by atoms with Crippen LogP contribution in [0.1, 0.15) is 74.1 Å². The third-order valence-electron chi connectivity index (χ3n) is 16.3. The second-order valence-corrected chi connectivity index (χ2v) is 24.7. The van der Waals surface area contributed by atoms with Crippen LogP contribution in [0.3, 0.4) is 0 Å². The van der Waals surface area contributed by atoms with Crippen LogP contribution in [0.5, 0.6) is 34.5 Å². The minimum atomic E-state index is -0.518. The Morgan fingerprint density at radius 3 is 0.952 bits per heavy atom. The average Bonchev–Trinajstić information content (AvgIpc) is 0.810. The average molecular weight is 1450 g/mol. The maximum absolute atomic E-state index is 12.4. The van der Waals surface area contributed by atoms with E-state index in [1.54, 1.807) is 21.9 Å². The summed E-state index contributed by atoms with van der Waals surface area (Å²) in [5, 5.41) is 2.85. The number of nitrogens with two attached hydrogens (primary N) is 3. The highest BCUT2D eigenvalue weighted by Crippen LogP contribution is 2.36. The zero-order valence-corrected chi connectivity index (χ0v) is 58.2. The van der Waals surface area contributed by atoms with Gasteiger partial charge in [-0.15, -0.1) is 12.4 Å². The van der Waals surface area contributed by atoms with E-state index >= 15 is 0 Å². The molecule has 5 amide bonds. The zero-order chi connectivity index (χ0) is 71.1. The summed E-state index contributed by atoms with van der Waals surface area (Å²) < 4.78 is 23.1. The predicted octanol–water partition coefficient (Wildman–Crippen LogP) is 16.3. The van der Waals surface area contributed by atoms with Gasteiger partial charge in [-0.05, 0) is 205 Å². The molecule has 0 aliphatic carbocycles. The molecule has 7 N–H and O–H groups in total. The van der Waals surface area contributed by atoms with E-state index in [0.29, 0.717) is 80.5 Å². The molecule has 0 unspecified atom stereocenters. The molecule has 21 heteroatoms. The number of carbonyl (C=O) groups is 6. The number of allylic oxidation sites excluding steroid dienone is 1. The van der Waals surface area contributed by atoms with Crippen molar-refractivity contribution in [2.24, 2.45) is 17.2 Å². The smallest absolute Gasteiger partial charge is 0.410 e. The molecule has 3 fully saturated rings. The number of hydrogen-bond acceptors (Lipinski definition) is 14. The monoisotopic (exact) mass is 1450 g/mol. The van der Waals surface area contributed by atoms with Crippen molar-refractivity contribution in [3.8, 4) is 67.9 Å². The third-order valence-corrected chi connectivity index (χ3v) is 16.5. The van der Waals surface area contributed by atoms with Crippen LogP contribution in [0.25, 0.3) is 33.4 Å². The molecule has 12 rings (SSSR count). The fraction of sp³-hybridized carbons (Fsp3) is 0.229. The second kappa shape index (κ2) is 40.3. The van der Waals surface area contributed by atoms with E-state index < -0.39 is 28.6 Å². The lowest BCUT2D eigenvalue weighted by atomic mass is 9.98. The topological polar surface area (TPSA) is 246 Å². The van der Waals surface area contributed by atoms with Crippen molar-refractivity contribution < 1.29 is 47.7 Å². The Balaban J connectivity index is 0.000000267. The first-order chi connectivity index (χ1) is 48.2. The Hall–Kier alpha value is -11.4. The summed E-state index contributed by atoms with van der Waals surface area (Å²) in [6.45, 7) is 21.2. The molecule has 3 saturated heterocycles. The van der Waals surface area contributed by atoms with Gasteiger partial charge in [0.1, 0.15) is 40.1 Å². The molecular weight excluding hydrogens is 1350 g/mol. The number of benzene rings is 9. The fourth-order valence-electron chi connectivity index (χ4n) is 11.2. The first kappa shape index (κ1) is 83.3. The Morgan fingerprint density at radius 2 is 0.683 bits per heavy atom. The summed E-state index contributed by atoms with van der Waals surface area (Å²) in [7, 11) is 0. The quantitative estimate of drug-likeness (QED) is 0.0489. The van der Waals surface area contributed by atoms with Crippen molar-refractivity contribution in [1.29, 1.82) is 0 Å². The number of halogens is 2. The molecule has 3 aliphatic rings. The molecule has 0 bridgehead atoms. The number of ether oxygens (including phenoxy) is 4. The fourth-order valence-corrected chi connectivity index (χ4v) is 11.2. The number of rotatable bonds is 17. The van der Waals surface area contributed by atoms with Gasteiger partial charge in [0.2, 0.25) is 28.9 Å². The van der Waals surface area contributed by atoms with Crippen molar-refractivity contribution >= 4 is 76.0 Å². The van der Waals surface area contributed by atoms with Crippen molar-refractivity contribution in [2.75, 3.05) is 93.2 Å². The van der Waals surface area contributed by atoms with Crippen LogP contribution >= 0.6 is 24.0 Å². The molecule has 104 heavy (non-hydrogen) atoms. The second-order valence-electron chi connectivity index (χ2n) is 24.3. The lowest BCUT2D eigenvalue weighted by molar-refractivity contribution is -0.126. The maximum Gasteiger partial charge on any atom is 0.410 e. The van der Waals surface area contributed by atoms with E-state index in [-0.39, 0.29) is 46.7 Å². The number of primary amides is 3. The summed E-state index contributed by atoms with van der Waals surface area (Å²) in [6, 6.07) is 68.8. The number of piperazine rings is 3. The molecule has 9 aromatic carbocycles. The van der Waals surface area contributed by atoms with Crippen LogP contribution in [0.2, 0.25) is 0 Å². The Morgan fingerprint density at radius 1 is 0.404 bits per heavy atom. The van der Waals surface area contributed by atoms with E-state index in [4.69, 9.17) is 47.7 Å². The van der Waals surface area contributed by atoms with Gasteiger partial charge in [0, 0.05) is 112 Å². The summed E-state index contributed by atoms with van der Waals surface area (Å²) >= 11 is 4.71. The standard InChI is InChI=1S/C28H31N3O4.C26H25N3O3.C23H23N3O2.C3H3ClO.3CH4.ClH/c1-28(2,3)35-27(33)31-17-15-30(16-18-31)21-11-14-24(26(29)32)25(19-21)20-9-12-23(13-10-20)34-22-7-5-4-6-8-22;1-2-25(30)29-16-14-28(15-17-29)20-10-13-23(26(27)31)24(18-20)19-8-11-22(12-9-19)32-21-6-4-3-5-7-21;24-23(27)21-11-8-18(26-14-12-25-13-15-26)16-22(21)17-6-9-20(10-7-17)28-19-4-2-1-3-5-19;1-2-3(4)5;;;;/h4-14,19H,15-18H2,1-3H3,(H2,29,32);2-13,18H,1,14-17H2,(H2,27,31);1-11,16,25H,12-15H2,(H2,24,27);2H,1H2;3*1H4;1H. The van der Waals surface area contributed by atoms with Gasteiger partial charge < -0.3 is 66.0 Å². The molecule has 0 atom stereocenters. The largest absolute Gasteiger partial charge is 0.457 e. The highest BCUT2D eigenvalue weighted by Gasteiger charge is 2.28. The van der Waals surface area contributed by atoms with Gasteiger partial charge in [-0.1, -0.05) is 126 Å². The highest BCUT2D eigenvalue weighted by molar-refractivity contribution is 6.66. The normalized spacial score (nSPS) is 12.9. The molecule has 19 nitrogen and oxygen atoms in total. The van der Waals surface area contributed by atoms with Crippen LogP contribution in [0, 0.1) is 0 Å². The van der Waals surface area contributed by atoms with E-state index in [1.165, 1.54) is 6.08 Å². The molecule has 0 aromatic heterocycles. The molecule has 0 saturated carbocycles. The van der Waals surface area contributed by atoms with Gasteiger partial charge >= 0.3 is 6.09 Å². The van der Waals surface area contributed by atoms with Gasteiger partial charge in [-0.2, -0.15) is 0 Å². The first-order valence-corrected chi connectivity index (χ1v) is 33.1. The van der Waals surface area contributed by atoms with Gasteiger partial charge in [-0.25, -0.2) is 4.79 Å². The van der Waals surface area contributed by atoms with Crippen LogP contribution < -0.4 is 51.4 Å². The molecular formula is C83H95Cl2N9O10. The van der Waals surface area contributed by atoms with Crippen molar-refractivity contribution in [1.82, 2.24) is 15.1 Å². The van der Waals surface area contributed by atoms with Gasteiger partial charge in [0.15, 0.2) is 0 Å². The minimum absolute atomic E-state index is 0. The summed E-state index contributed by atoms with van der Waals surface area (Å²) in [4.78, 5) is 80.1. The summed E-state index contributed by atoms with van der Waals surface area (Å²) in [5.74, 6) is 3.03. The number of nitrogens with zero attached hydrogens (tertiary/aromatic N) is 5. The first-order valence-electron chi connectivity index (χ1n) is 32.7. The molecule has 3 aliphatic heterocycles. The molecule has 546 valence electrons. The van der Waals surface area contributed by atoms with Crippen LogP contribution in [-0.4, -0.2) is 129 Å². The van der Waals surface area contributed by atoms with E-state index in [9.17, 15) is 28.8 Å². The SMILES string of the molecule is C.C.C.C=CC(=O)Cl.C=CC(=O)N1CCN(c2ccc(C(N)=O)c(-c3ccc(Oc4ccccc4)cc3)c2)CC1.CC(C)(C)OC(=O)N1CCN(c2ccc(C(N)=O)c(-c3ccc(Oc4ccccc4)cc3)c2)CC1.Cl.NC(=O)c1ccc(N2CCNCC2)cc1-c1ccc(Oc2ccccc2)cc1. The summed E-state index contributed by atoms with van der Waals surface area (Å²) in [5.41, 5.74) is 26.0. The van der Waals surface area contributed by atoms with E-state index in [2.05, 4.69) is 39.2 Å². The van der Waals surface area contributed by atoms with Crippen molar-refractivity contribution in [3.63, 3.8) is 0 Å². The maximum atomic E-state index is 12.4. The lowest BCUT2D eigenvalue weighted by Gasteiger charge is -2.37. The Bertz CT molecular complexity index is 4280. The highest BCUT2D eigenvalue weighted by atomic mass is 35.5. The number of carbonyl (C=O) groups excluding carboxylic acids is 6. The molecule has 0 spiro atoms. The van der Waals surface area contributed by atoms with Crippen molar-refractivity contribution in [2.45, 2.75) is 48.7 Å². The molecule has 3 heterocycles. The van der Waals surface area contributed by atoms with E-state index in [0.717, 1.165) is 106 Å². The Kier molecular flexibility index (Phi) is 32.3.